The number of thioether (sulfide) groups is 1. The molecule has 194 valence electrons. The van der Waals surface area contributed by atoms with Gasteiger partial charge in [-0.3, -0.25) is 18.9 Å². The zero-order valence-electron chi connectivity index (χ0n) is 20.9. The summed E-state index contributed by atoms with van der Waals surface area (Å²) < 4.78 is 1.95. The van der Waals surface area contributed by atoms with E-state index in [1.807, 2.05) is 30.3 Å². The molecule has 2 N–H and O–H groups in total. The average molecular weight is 537 g/mol. The number of aliphatic hydroxyl groups excluding tert-OH is 1. The molecule has 1 amide bonds. The molecule has 0 radical (unpaired) electrons. The number of hydrogen-bond donors (Lipinski definition) is 2. The van der Waals surface area contributed by atoms with Gasteiger partial charge in [0.2, 0.25) is 0 Å². The van der Waals surface area contributed by atoms with E-state index in [9.17, 15) is 14.7 Å². The smallest absolute Gasteiger partial charge is 0.267 e. The van der Waals surface area contributed by atoms with Crippen molar-refractivity contribution in [2.24, 2.45) is 0 Å². The minimum absolute atomic E-state index is 0.152. The number of aliphatic hydroxyl groups is 1. The Hall–Kier alpha value is -3.01. The molecule has 0 aliphatic carbocycles. The molecule has 1 aliphatic rings. The molecular weight excluding hydrogens is 504 g/mol. The molecule has 37 heavy (non-hydrogen) atoms. The molecule has 4 rings (SSSR count). The number of carbonyl (C=O) groups excluding carboxylic acids is 1. The van der Waals surface area contributed by atoms with Crippen LogP contribution >= 0.6 is 24.0 Å². The van der Waals surface area contributed by atoms with Crippen molar-refractivity contribution in [3.8, 4) is 0 Å². The molecule has 1 aliphatic heterocycles. The summed E-state index contributed by atoms with van der Waals surface area (Å²) >= 11 is 6.70. The Morgan fingerprint density at radius 2 is 1.78 bits per heavy atom. The Bertz CT molecular complexity index is 1340. The van der Waals surface area contributed by atoms with Crippen molar-refractivity contribution < 1.29 is 9.90 Å². The maximum absolute atomic E-state index is 13.4. The lowest BCUT2D eigenvalue weighted by Gasteiger charge is -2.15. The molecule has 1 saturated heterocycles. The molecule has 0 bridgehead atoms. The summed E-state index contributed by atoms with van der Waals surface area (Å²) in [5.74, 6) is 0.128. The van der Waals surface area contributed by atoms with Crippen LogP contribution in [0.4, 0.5) is 5.82 Å². The van der Waals surface area contributed by atoms with Crippen LogP contribution in [0.5, 0.6) is 0 Å². The molecule has 1 atom stereocenters. The van der Waals surface area contributed by atoms with E-state index in [0.29, 0.717) is 27.2 Å². The summed E-state index contributed by atoms with van der Waals surface area (Å²) in [5, 5.41) is 13.8. The molecule has 7 nitrogen and oxygen atoms in total. The zero-order chi connectivity index (χ0) is 26.2. The SMILES string of the molecule is CCCCCCCCN1C(=O)/C(=C/c2c(NC[C@H](O)c3ccccc3)nc3ccccn3c2=O)SC1=S. The number of hydrogen-bond acceptors (Lipinski definition) is 7. The number of nitrogens with zero attached hydrogens (tertiary/aromatic N) is 3. The van der Waals surface area contributed by atoms with Gasteiger partial charge >= 0.3 is 0 Å². The molecule has 3 aromatic rings. The van der Waals surface area contributed by atoms with Gasteiger partial charge in [0.1, 0.15) is 15.8 Å². The number of amides is 1. The second-order valence-corrected chi connectivity index (χ2v) is 10.7. The highest BCUT2D eigenvalue weighted by Gasteiger charge is 2.32. The maximum Gasteiger partial charge on any atom is 0.267 e. The van der Waals surface area contributed by atoms with E-state index in [2.05, 4.69) is 17.2 Å². The summed E-state index contributed by atoms with van der Waals surface area (Å²) in [6.45, 7) is 2.92. The molecular formula is C28H32N4O3S2. The van der Waals surface area contributed by atoms with Crippen LogP contribution in [-0.4, -0.2) is 42.7 Å². The van der Waals surface area contributed by atoms with Gasteiger partial charge in [0.05, 0.1) is 16.6 Å². The number of aromatic nitrogens is 2. The highest BCUT2D eigenvalue weighted by Crippen LogP contribution is 2.33. The standard InChI is InChI=1S/C28H32N4O3S2/c1-2-3-4-5-6-11-17-32-27(35)23(37-28(32)36)18-21-25(29-19-22(33)20-13-8-7-9-14-20)30-24-15-10-12-16-31(24)26(21)34/h7-10,12-16,18,22,29,33H,2-6,11,17,19H2,1H3/b23-18-/t22-/m0/s1. The van der Waals surface area contributed by atoms with Crippen molar-refractivity contribution >= 4 is 51.7 Å². The lowest BCUT2D eigenvalue weighted by molar-refractivity contribution is -0.122. The van der Waals surface area contributed by atoms with Crippen LogP contribution in [0.25, 0.3) is 11.7 Å². The highest BCUT2D eigenvalue weighted by atomic mass is 32.2. The molecule has 3 heterocycles. The second kappa shape index (κ2) is 13.0. The largest absolute Gasteiger partial charge is 0.387 e. The van der Waals surface area contributed by atoms with E-state index in [-0.39, 0.29) is 23.6 Å². The van der Waals surface area contributed by atoms with E-state index in [4.69, 9.17) is 12.2 Å². The molecule has 1 fully saturated rings. The van der Waals surface area contributed by atoms with E-state index in [1.54, 1.807) is 35.4 Å². The first kappa shape index (κ1) is 27.0. The fourth-order valence-electron chi connectivity index (χ4n) is 4.23. The Balaban J connectivity index is 1.56. The second-order valence-electron chi connectivity index (χ2n) is 9.02. The Kier molecular flexibility index (Phi) is 9.49. The third-order valence-corrected chi connectivity index (χ3v) is 7.68. The molecule has 0 unspecified atom stereocenters. The average Bonchev–Trinajstić information content (AvgIpc) is 3.18. The van der Waals surface area contributed by atoms with Gasteiger partial charge in [-0.15, -0.1) is 0 Å². The summed E-state index contributed by atoms with van der Waals surface area (Å²) in [5.41, 5.74) is 1.18. The molecule has 0 spiro atoms. The van der Waals surface area contributed by atoms with Crippen molar-refractivity contribution in [3.05, 3.63) is 81.1 Å². The van der Waals surface area contributed by atoms with Gasteiger partial charge in [0.25, 0.3) is 11.5 Å². The monoisotopic (exact) mass is 536 g/mol. The highest BCUT2D eigenvalue weighted by molar-refractivity contribution is 8.26. The summed E-state index contributed by atoms with van der Waals surface area (Å²) in [6.07, 6.45) is 9.19. The lowest BCUT2D eigenvalue weighted by atomic mass is 10.1. The lowest BCUT2D eigenvalue weighted by Crippen LogP contribution is -2.29. The Morgan fingerprint density at radius 1 is 1.05 bits per heavy atom. The number of nitrogens with one attached hydrogen (secondary N) is 1. The van der Waals surface area contributed by atoms with Crippen molar-refractivity contribution in [1.82, 2.24) is 14.3 Å². The maximum atomic E-state index is 13.4. The number of rotatable bonds is 12. The van der Waals surface area contributed by atoms with Crippen LogP contribution in [0.2, 0.25) is 0 Å². The van der Waals surface area contributed by atoms with E-state index >= 15 is 0 Å². The van der Waals surface area contributed by atoms with Crippen LogP contribution in [0.1, 0.15) is 62.7 Å². The van der Waals surface area contributed by atoms with Crippen molar-refractivity contribution in [2.45, 2.75) is 51.6 Å². The van der Waals surface area contributed by atoms with Gasteiger partial charge < -0.3 is 10.4 Å². The van der Waals surface area contributed by atoms with Crippen LogP contribution in [0.3, 0.4) is 0 Å². The first-order valence-corrected chi connectivity index (χ1v) is 14.0. The van der Waals surface area contributed by atoms with Crippen LogP contribution in [0, 0.1) is 0 Å². The molecule has 0 saturated carbocycles. The minimum atomic E-state index is -0.791. The minimum Gasteiger partial charge on any atom is -0.387 e. The summed E-state index contributed by atoms with van der Waals surface area (Å²) in [7, 11) is 0. The van der Waals surface area contributed by atoms with Crippen LogP contribution in [-0.2, 0) is 4.79 Å². The van der Waals surface area contributed by atoms with Gasteiger partial charge in [0, 0.05) is 19.3 Å². The van der Waals surface area contributed by atoms with E-state index in [0.717, 1.165) is 24.8 Å². The topological polar surface area (TPSA) is 86.9 Å². The zero-order valence-corrected chi connectivity index (χ0v) is 22.6. The number of pyridine rings is 1. The Labute approximate surface area is 226 Å². The van der Waals surface area contributed by atoms with Gasteiger partial charge in [-0.2, -0.15) is 0 Å². The van der Waals surface area contributed by atoms with Gasteiger partial charge in [0.15, 0.2) is 0 Å². The molecule has 2 aromatic heterocycles. The summed E-state index contributed by atoms with van der Waals surface area (Å²) in [6, 6.07) is 14.6. The number of anilines is 1. The first-order chi connectivity index (χ1) is 18.0. The fraction of sp³-hybridized carbons (Fsp3) is 0.357. The van der Waals surface area contributed by atoms with Crippen molar-refractivity contribution in [3.63, 3.8) is 0 Å². The third kappa shape index (κ3) is 6.66. The van der Waals surface area contributed by atoms with Gasteiger partial charge in [-0.1, -0.05) is 99.4 Å². The Morgan fingerprint density at radius 3 is 2.57 bits per heavy atom. The van der Waals surface area contributed by atoms with Gasteiger partial charge in [-0.25, -0.2) is 4.98 Å². The predicted molar refractivity (Wildman–Crippen MR) is 155 cm³/mol. The van der Waals surface area contributed by atoms with Gasteiger partial charge in [-0.05, 0) is 30.2 Å². The third-order valence-electron chi connectivity index (χ3n) is 6.30. The normalized spacial score (nSPS) is 15.6. The number of carbonyl (C=O) groups is 1. The van der Waals surface area contributed by atoms with Crippen molar-refractivity contribution in [1.29, 1.82) is 0 Å². The molecule has 1 aromatic carbocycles. The first-order valence-electron chi connectivity index (χ1n) is 12.7. The number of thiocarbonyl (C=S) groups is 1. The van der Waals surface area contributed by atoms with E-state index < -0.39 is 6.10 Å². The van der Waals surface area contributed by atoms with Crippen LogP contribution < -0.4 is 10.9 Å². The fourth-order valence-corrected chi connectivity index (χ4v) is 5.52. The van der Waals surface area contributed by atoms with Crippen molar-refractivity contribution in [2.75, 3.05) is 18.4 Å². The summed E-state index contributed by atoms with van der Waals surface area (Å²) in [4.78, 5) is 33.3. The predicted octanol–water partition coefficient (Wildman–Crippen LogP) is 5.40. The number of benzene rings is 1. The molecule has 9 heteroatoms. The van der Waals surface area contributed by atoms with Crippen LogP contribution in [0.15, 0.2) is 64.4 Å². The quantitative estimate of drug-likeness (QED) is 0.182. The number of fused-ring (bicyclic) bond motifs is 1. The number of unbranched alkanes of at least 4 members (excludes halogenated alkanes) is 5. The van der Waals surface area contributed by atoms with E-state index in [1.165, 1.54) is 35.4 Å².